The van der Waals surface area contributed by atoms with Crippen molar-refractivity contribution >= 4 is 18.4 Å². The van der Waals surface area contributed by atoms with Gasteiger partial charge < -0.3 is 9.84 Å². The molecule has 0 bridgehead atoms. The molecule has 2 N–H and O–H groups in total. The highest BCUT2D eigenvalue weighted by Gasteiger charge is 2.07. The molecule has 0 unspecified atom stereocenters. The van der Waals surface area contributed by atoms with Crippen LogP contribution in [0.25, 0.3) is 0 Å². The average Bonchev–Trinajstić information content (AvgIpc) is 2.91. The van der Waals surface area contributed by atoms with Crippen molar-refractivity contribution in [2.75, 3.05) is 0 Å². The summed E-state index contributed by atoms with van der Waals surface area (Å²) in [4.78, 5) is 0. The van der Waals surface area contributed by atoms with Crippen molar-refractivity contribution in [1.29, 1.82) is 0 Å². The molecule has 0 aliphatic rings. The van der Waals surface area contributed by atoms with Crippen LogP contribution in [0.3, 0.4) is 0 Å². The van der Waals surface area contributed by atoms with Crippen molar-refractivity contribution in [3.63, 3.8) is 0 Å². The van der Waals surface area contributed by atoms with E-state index in [0.29, 0.717) is 16.2 Å². The maximum absolute atomic E-state index is 9.81. The molecule has 0 saturated carbocycles. The van der Waals surface area contributed by atoms with Gasteiger partial charge in [-0.1, -0.05) is 18.2 Å². The van der Waals surface area contributed by atoms with Gasteiger partial charge in [-0.15, -0.1) is 0 Å². The molecular weight excluding hydrogens is 336 g/mol. The highest BCUT2D eigenvalue weighted by Crippen LogP contribution is 2.17. The molecule has 0 saturated heterocycles. The number of para-hydroxylation sites is 1. The third-order valence-electron chi connectivity index (χ3n) is 3.53. The van der Waals surface area contributed by atoms with Crippen LogP contribution >= 0.6 is 12.2 Å². The van der Waals surface area contributed by atoms with Gasteiger partial charge in [-0.05, 0) is 61.5 Å². The van der Waals surface area contributed by atoms with Gasteiger partial charge in [0.15, 0.2) is 5.82 Å². The molecule has 0 aliphatic carbocycles. The highest BCUT2D eigenvalue weighted by molar-refractivity contribution is 7.71. The Morgan fingerprint density at radius 2 is 1.96 bits per heavy atom. The summed E-state index contributed by atoms with van der Waals surface area (Å²) in [6.07, 6.45) is 1.53. The van der Waals surface area contributed by atoms with Crippen molar-refractivity contribution < 1.29 is 9.84 Å². The number of hydrogen-bond acceptors (Lipinski definition) is 5. The standard InChI is InChI=1S/C18H18N4O2S/c1-12-7-13(2)9-15(8-12)24-11-17-20-21-18(25)22(17)19-10-14-5-3-4-6-16(14)23/h3-10,23H,11H2,1-2H3,(H,21,25)/b19-10+. The Kier molecular flexibility index (Phi) is 4.95. The second kappa shape index (κ2) is 7.31. The van der Waals surface area contributed by atoms with E-state index >= 15 is 0 Å². The van der Waals surface area contributed by atoms with Crippen molar-refractivity contribution in [3.05, 3.63) is 69.8 Å². The third-order valence-corrected chi connectivity index (χ3v) is 3.79. The maximum atomic E-state index is 9.81. The molecule has 25 heavy (non-hydrogen) atoms. The van der Waals surface area contributed by atoms with E-state index in [9.17, 15) is 5.11 Å². The number of ether oxygens (including phenoxy) is 1. The fraction of sp³-hybridized carbons (Fsp3) is 0.167. The number of nitrogens with zero attached hydrogens (tertiary/aromatic N) is 3. The Balaban J connectivity index is 1.80. The number of rotatable bonds is 5. The monoisotopic (exact) mass is 354 g/mol. The summed E-state index contributed by atoms with van der Waals surface area (Å²) >= 11 is 5.21. The zero-order valence-corrected chi connectivity index (χ0v) is 14.7. The van der Waals surface area contributed by atoms with Crippen LogP contribution in [-0.2, 0) is 6.61 Å². The van der Waals surface area contributed by atoms with Gasteiger partial charge in [-0.3, -0.25) is 0 Å². The van der Waals surface area contributed by atoms with E-state index < -0.39 is 0 Å². The number of aromatic nitrogens is 3. The van der Waals surface area contributed by atoms with Gasteiger partial charge in [0.05, 0.1) is 6.21 Å². The van der Waals surface area contributed by atoms with Crippen LogP contribution in [-0.4, -0.2) is 26.2 Å². The van der Waals surface area contributed by atoms with Crippen LogP contribution in [0.4, 0.5) is 0 Å². The minimum absolute atomic E-state index is 0.147. The SMILES string of the molecule is Cc1cc(C)cc(OCc2n[nH]c(=S)n2/N=C/c2ccccc2O)c1. The fourth-order valence-electron chi connectivity index (χ4n) is 2.42. The normalized spacial score (nSPS) is 11.1. The summed E-state index contributed by atoms with van der Waals surface area (Å²) in [5.41, 5.74) is 2.85. The molecule has 128 valence electrons. The van der Waals surface area contributed by atoms with Crippen LogP contribution in [0, 0.1) is 18.6 Å². The minimum atomic E-state index is 0.147. The van der Waals surface area contributed by atoms with Crippen LogP contribution in [0.15, 0.2) is 47.6 Å². The number of phenols is 1. The Morgan fingerprint density at radius 3 is 2.68 bits per heavy atom. The Hall–Kier alpha value is -2.93. The third kappa shape index (κ3) is 4.13. The van der Waals surface area contributed by atoms with Crippen LogP contribution in [0.1, 0.15) is 22.5 Å². The van der Waals surface area contributed by atoms with Gasteiger partial charge in [0.1, 0.15) is 18.1 Å². The van der Waals surface area contributed by atoms with Gasteiger partial charge in [-0.25, -0.2) is 5.10 Å². The predicted molar refractivity (Wildman–Crippen MR) is 98.8 cm³/mol. The second-order valence-electron chi connectivity index (χ2n) is 5.67. The molecule has 0 amide bonds. The molecule has 0 atom stereocenters. The lowest BCUT2D eigenvalue weighted by atomic mass is 10.1. The summed E-state index contributed by atoms with van der Waals surface area (Å²) in [5.74, 6) is 1.45. The number of aromatic hydroxyl groups is 1. The predicted octanol–water partition coefficient (Wildman–Crippen LogP) is 3.72. The number of aromatic amines is 1. The van der Waals surface area contributed by atoms with Gasteiger partial charge >= 0.3 is 0 Å². The summed E-state index contributed by atoms with van der Waals surface area (Å²) < 4.78 is 7.64. The minimum Gasteiger partial charge on any atom is -0.507 e. The number of phenolic OH excluding ortho intramolecular Hbond substituents is 1. The second-order valence-corrected chi connectivity index (χ2v) is 6.06. The molecule has 2 aromatic carbocycles. The van der Waals surface area contributed by atoms with E-state index in [1.165, 1.54) is 10.9 Å². The first-order chi connectivity index (χ1) is 12.0. The molecule has 3 aromatic rings. The molecule has 1 heterocycles. The molecule has 7 heteroatoms. The topological polar surface area (TPSA) is 75.4 Å². The maximum Gasteiger partial charge on any atom is 0.216 e. The summed E-state index contributed by atoms with van der Waals surface area (Å²) in [7, 11) is 0. The van der Waals surface area contributed by atoms with Crippen molar-refractivity contribution in [2.24, 2.45) is 5.10 Å². The lowest BCUT2D eigenvalue weighted by molar-refractivity contribution is 0.290. The van der Waals surface area contributed by atoms with Crippen LogP contribution < -0.4 is 4.74 Å². The van der Waals surface area contributed by atoms with Crippen LogP contribution in [0.2, 0.25) is 0 Å². The summed E-state index contributed by atoms with van der Waals surface area (Å²) in [5, 5.41) is 21.0. The van der Waals surface area contributed by atoms with Crippen molar-refractivity contribution in [2.45, 2.75) is 20.5 Å². The molecule has 0 spiro atoms. The Labute approximate surface area is 150 Å². The first-order valence-corrected chi connectivity index (χ1v) is 8.13. The highest BCUT2D eigenvalue weighted by atomic mass is 32.1. The number of hydrogen-bond donors (Lipinski definition) is 2. The molecule has 6 nitrogen and oxygen atoms in total. The van der Waals surface area contributed by atoms with E-state index in [0.717, 1.165) is 16.9 Å². The summed E-state index contributed by atoms with van der Waals surface area (Å²) in [6, 6.07) is 12.9. The van der Waals surface area contributed by atoms with E-state index in [2.05, 4.69) is 21.4 Å². The Bertz CT molecular complexity index is 955. The zero-order valence-electron chi connectivity index (χ0n) is 13.9. The van der Waals surface area contributed by atoms with E-state index in [-0.39, 0.29) is 12.4 Å². The molecular formula is C18H18N4O2S. The molecule has 0 aliphatic heterocycles. The lowest BCUT2D eigenvalue weighted by Crippen LogP contribution is -2.04. The number of aryl methyl sites for hydroxylation is 2. The first-order valence-electron chi connectivity index (χ1n) is 7.72. The fourth-order valence-corrected chi connectivity index (χ4v) is 2.62. The smallest absolute Gasteiger partial charge is 0.216 e. The van der Waals surface area contributed by atoms with Crippen molar-refractivity contribution in [3.8, 4) is 11.5 Å². The number of nitrogens with one attached hydrogen (secondary N) is 1. The van der Waals surface area contributed by atoms with Gasteiger partial charge in [0, 0.05) is 5.56 Å². The van der Waals surface area contributed by atoms with E-state index in [4.69, 9.17) is 17.0 Å². The first kappa shape index (κ1) is 16.9. The quantitative estimate of drug-likeness (QED) is 0.541. The van der Waals surface area contributed by atoms with Crippen LogP contribution in [0.5, 0.6) is 11.5 Å². The van der Waals surface area contributed by atoms with E-state index in [1.807, 2.05) is 32.0 Å². The molecule has 1 aromatic heterocycles. The van der Waals surface area contributed by atoms with Gasteiger partial charge in [0.25, 0.3) is 0 Å². The number of benzene rings is 2. The number of H-pyrrole nitrogens is 1. The lowest BCUT2D eigenvalue weighted by Gasteiger charge is -2.07. The zero-order chi connectivity index (χ0) is 17.8. The summed E-state index contributed by atoms with van der Waals surface area (Å²) in [6.45, 7) is 4.26. The van der Waals surface area contributed by atoms with Gasteiger partial charge in [0.2, 0.25) is 4.77 Å². The molecule has 3 rings (SSSR count). The molecule has 0 radical (unpaired) electrons. The van der Waals surface area contributed by atoms with Crippen molar-refractivity contribution in [1.82, 2.24) is 14.9 Å². The van der Waals surface area contributed by atoms with E-state index in [1.54, 1.807) is 18.2 Å². The largest absolute Gasteiger partial charge is 0.507 e. The van der Waals surface area contributed by atoms with Gasteiger partial charge in [-0.2, -0.15) is 14.9 Å². The average molecular weight is 354 g/mol. The Morgan fingerprint density at radius 1 is 1.24 bits per heavy atom. The molecule has 0 fully saturated rings.